The molecule has 1 amide bonds. The molecule has 0 saturated heterocycles. The summed E-state index contributed by atoms with van der Waals surface area (Å²) in [7, 11) is 0. The predicted molar refractivity (Wildman–Crippen MR) is 120 cm³/mol. The summed E-state index contributed by atoms with van der Waals surface area (Å²) in [5, 5.41) is 13.5. The van der Waals surface area contributed by atoms with Gasteiger partial charge in [-0.25, -0.2) is 9.78 Å². The van der Waals surface area contributed by atoms with Crippen molar-refractivity contribution >= 4 is 34.1 Å². The molecule has 34 heavy (non-hydrogen) atoms. The molecule has 4 aromatic rings. The van der Waals surface area contributed by atoms with E-state index in [1.165, 1.54) is 12.1 Å². The van der Waals surface area contributed by atoms with E-state index in [2.05, 4.69) is 20.0 Å². The van der Waals surface area contributed by atoms with Gasteiger partial charge in [0.05, 0.1) is 5.69 Å². The maximum atomic E-state index is 12.9. The maximum Gasteiger partial charge on any atom is 0.573 e. The summed E-state index contributed by atoms with van der Waals surface area (Å²) in [6.45, 7) is 1.60. The predicted octanol–water partition coefficient (Wildman–Crippen LogP) is 4.92. The number of halogens is 3. The third-order valence-electron chi connectivity index (χ3n) is 5.04. The molecule has 0 aliphatic rings. The molecule has 0 fully saturated rings. The number of para-hydroxylation sites is 1. The summed E-state index contributed by atoms with van der Waals surface area (Å²) >= 11 is 1.02. The number of carbonyl (C=O) groups excluding carboxylic acids is 1. The number of alkyl halides is 3. The number of hydrogen-bond acceptors (Lipinski definition) is 5. The molecule has 0 saturated carbocycles. The van der Waals surface area contributed by atoms with E-state index in [0.29, 0.717) is 16.3 Å². The standard InChI is InChI=1S/C23H18F3N3O4S/c1-12-19(34-21(28-12)13-6-8-15(9-7-13)33-23(24,25)26)20(30)29-18(22(31)32)10-14-11-27-17-5-3-2-4-16(14)17/h2-9,11,18,27H,10H2,1H3,(H,29,30)(H,31,32)/t18-/m0/s1. The van der Waals surface area contributed by atoms with Crippen molar-refractivity contribution in [2.24, 2.45) is 0 Å². The first-order chi connectivity index (χ1) is 16.1. The Morgan fingerprint density at radius 3 is 2.56 bits per heavy atom. The number of rotatable bonds is 7. The number of carboxylic acids is 1. The fourth-order valence-corrected chi connectivity index (χ4v) is 4.45. The second-order valence-electron chi connectivity index (χ2n) is 7.43. The Balaban J connectivity index is 1.50. The number of carbonyl (C=O) groups is 2. The summed E-state index contributed by atoms with van der Waals surface area (Å²) in [5.74, 6) is -2.14. The molecule has 0 spiro atoms. The molecule has 1 atom stereocenters. The summed E-state index contributed by atoms with van der Waals surface area (Å²) in [4.78, 5) is 32.3. The van der Waals surface area contributed by atoms with Crippen molar-refractivity contribution in [1.29, 1.82) is 0 Å². The highest BCUT2D eigenvalue weighted by molar-refractivity contribution is 7.17. The van der Waals surface area contributed by atoms with Gasteiger partial charge < -0.3 is 20.1 Å². The molecule has 0 aliphatic heterocycles. The van der Waals surface area contributed by atoms with Crippen LogP contribution in [0.2, 0.25) is 0 Å². The number of hydrogen-bond donors (Lipinski definition) is 3. The van der Waals surface area contributed by atoms with Crippen LogP contribution in [0.1, 0.15) is 20.9 Å². The lowest BCUT2D eigenvalue weighted by Gasteiger charge is -2.13. The van der Waals surface area contributed by atoms with E-state index in [1.54, 1.807) is 13.1 Å². The van der Waals surface area contributed by atoms with Crippen LogP contribution in [0.4, 0.5) is 13.2 Å². The van der Waals surface area contributed by atoms with Gasteiger partial charge in [0.25, 0.3) is 5.91 Å². The lowest BCUT2D eigenvalue weighted by molar-refractivity contribution is -0.274. The molecular weight excluding hydrogens is 471 g/mol. The zero-order valence-corrected chi connectivity index (χ0v) is 18.5. The molecule has 0 aliphatic carbocycles. The van der Waals surface area contributed by atoms with Gasteiger partial charge in [0.2, 0.25) is 0 Å². The number of aromatic nitrogens is 2. The number of aryl methyl sites for hydroxylation is 1. The molecular formula is C23H18F3N3O4S. The van der Waals surface area contributed by atoms with Crippen LogP contribution in [0, 0.1) is 6.92 Å². The van der Waals surface area contributed by atoms with Crippen LogP contribution in [-0.4, -0.2) is 39.4 Å². The average molecular weight is 489 g/mol. The molecule has 3 N–H and O–H groups in total. The van der Waals surface area contributed by atoms with Crippen molar-refractivity contribution in [3.05, 3.63) is 70.9 Å². The van der Waals surface area contributed by atoms with Gasteiger partial charge in [-0.2, -0.15) is 0 Å². The van der Waals surface area contributed by atoms with Crippen molar-refractivity contribution < 1.29 is 32.6 Å². The normalized spacial score (nSPS) is 12.5. The fourth-order valence-electron chi connectivity index (χ4n) is 3.47. The Hall–Kier alpha value is -3.86. The van der Waals surface area contributed by atoms with E-state index >= 15 is 0 Å². The van der Waals surface area contributed by atoms with Crippen molar-refractivity contribution in [3.8, 4) is 16.3 Å². The second-order valence-corrected chi connectivity index (χ2v) is 8.43. The van der Waals surface area contributed by atoms with Gasteiger partial charge in [-0.15, -0.1) is 24.5 Å². The van der Waals surface area contributed by atoms with Gasteiger partial charge in [0.1, 0.15) is 21.7 Å². The Bertz CT molecular complexity index is 1350. The number of thiazole rings is 1. The van der Waals surface area contributed by atoms with Crippen molar-refractivity contribution in [1.82, 2.24) is 15.3 Å². The number of ether oxygens (including phenoxy) is 1. The number of amides is 1. The molecule has 4 rings (SSSR count). The topological polar surface area (TPSA) is 104 Å². The first kappa shape index (κ1) is 23.3. The van der Waals surface area contributed by atoms with Crippen molar-refractivity contribution in [3.63, 3.8) is 0 Å². The van der Waals surface area contributed by atoms with E-state index in [4.69, 9.17) is 0 Å². The monoisotopic (exact) mass is 489 g/mol. The van der Waals surface area contributed by atoms with Crippen LogP contribution in [0.5, 0.6) is 5.75 Å². The Labute approximate surface area is 195 Å². The van der Waals surface area contributed by atoms with Crippen LogP contribution in [0.3, 0.4) is 0 Å². The van der Waals surface area contributed by atoms with Crippen LogP contribution in [0.25, 0.3) is 21.5 Å². The van der Waals surface area contributed by atoms with E-state index in [0.717, 1.165) is 39.9 Å². The number of fused-ring (bicyclic) bond motifs is 1. The number of nitrogens with one attached hydrogen (secondary N) is 2. The first-order valence-corrected chi connectivity index (χ1v) is 10.8. The number of aliphatic carboxylic acids is 1. The summed E-state index contributed by atoms with van der Waals surface area (Å²) in [5.41, 5.74) is 2.49. The highest BCUT2D eigenvalue weighted by atomic mass is 32.1. The second kappa shape index (κ2) is 9.18. The summed E-state index contributed by atoms with van der Waals surface area (Å²) < 4.78 is 40.9. The van der Waals surface area contributed by atoms with Gasteiger partial charge in [0.15, 0.2) is 0 Å². The minimum absolute atomic E-state index is 0.0798. The lowest BCUT2D eigenvalue weighted by Crippen LogP contribution is -2.42. The number of benzene rings is 2. The molecule has 176 valence electrons. The largest absolute Gasteiger partial charge is 0.573 e. The van der Waals surface area contributed by atoms with Crippen LogP contribution in [0.15, 0.2) is 54.7 Å². The van der Waals surface area contributed by atoms with Gasteiger partial charge in [-0.1, -0.05) is 18.2 Å². The van der Waals surface area contributed by atoms with Crippen molar-refractivity contribution in [2.75, 3.05) is 0 Å². The fraction of sp³-hybridized carbons (Fsp3) is 0.174. The van der Waals surface area contributed by atoms with Crippen molar-refractivity contribution in [2.45, 2.75) is 25.7 Å². The molecule has 0 bridgehead atoms. The average Bonchev–Trinajstić information content (AvgIpc) is 3.36. The summed E-state index contributed by atoms with van der Waals surface area (Å²) in [6.07, 6.45) is -3.00. The Kier molecular flexibility index (Phi) is 6.29. The Morgan fingerprint density at radius 2 is 1.88 bits per heavy atom. The van der Waals surface area contributed by atoms with Crippen LogP contribution in [-0.2, 0) is 11.2 Å². The van der Waals surface area contributed by atoms with Gasteiger partial charge in [0, 0.05) is 29.1 Å². The molecule has 2 aromatic heterocycles. The molecule has 7 nitrogen and oxygen atoms in total. The minimum atomic E-state index is -4.79. The smallest absolute Gasteiger partial charge is 0.480 e. The summed E-state index contributed by atoms with van der Waals surface area (Å²) in [6, 6.07) is 11.4. The third-order valence-corrected chi connectivity index (χ3v) is 6.25. The number of H-pyrrole nitrogens is 1. The van der Waals surface area contributed by atoms with Crippen LogP contribution < -0.4 is 10.1 Å². The highest BCUT2D eigenvalue weighted by Crippen LogP contribution is 2.31. The number of nitrogens with zero attached hydrogens (tertiary/aromatic N) is 1. The molecule has 0 radical (unpaired) electrons. The van der Waals surface area contributed by atoms with Gasteiger partial charge in [-0.3, -0.25) is 4.79 Å². The highest BCUT2D eigenvalue weighted by Gasteiger charge is 2.31. The lowest BCUT2D eigenvalue weighted by atomic mass is 10.0. The molecule has 2 aromatic carbocycles. The molecule has 2 heterocycles. The maximum absolute atomic E-state index is 12.9. The first-order valence-electron chi connectivity index (χ1n) is 10.0. The van der Waals surface area contributed by atoms with Gasteiger partial charge >= 0.3 is 12.3 Å². The zero-order valence-electron chi connectivity index (χ0n) is 17.6. The van der Waals surface area contributed by atoms with E-state index < -0.39 is 24.3 Å². The minimum Gasteiger partial charge on any atom is -0.480 e. The van der Waals surface area contributed by atoms with E-state index in [-0.39, 0.29) is 17.0 Å². The molecule has 0 unspecified atom stereocenters. The van der Waals surface area contributed by atoms with E-state index in [9.17, 15) is 27.9 Å². The van der Waals surface area contributed by atoms with Gasteiger partial charge in [-0.05, 0) is 42.8 Å². The Morgan fingerprint density at radius 1 is 1.18 bits per heavy atom. The van der Waals surface area contributed by atoms with E-state index in [1.807, 2.05) is 24.3 Å². The zero-order chi connectivity index (χ0) is 24.5. The molecule has 11 heteroatoms. The SMILES string of the molecule is Cc1nc(-c2ccc(OC(F)(F)F)cc2)sc1C(=O)N[C@@H](Cc1c[nH]c2ccccc12)C(=O)O. The number of aromatic amines is 1. The van der Waals surface area contributed by atoms with Crippen LogP contribution >= 0.6 is 11.3 Å². The quantitative estimate of drug-likeness (QED) is 0.342. The third kappa shape index (κ3) is 5.20. The number of carboxylic acid groups (broad SMARTS) is 1.